The number of nitrogens with two attached hydrogens (primary N) is 1. The van der Waals surface area contributed by atoms with E-state index in [1.807, 2.05) is 36.1 Å². The largest absolute Gasteiger partial charge is 0.379 e. The van der Waals surface area contributed by atoms with Crippen LogP contribution in [0.2, 0.25) is 5.02 Å². The Morgan fingerprint density at radius 2 is 2.17 bits per heavy atom. The van der Waals surface area contributed by atoms with E-state index in [1.54, 1.807) is 7.11 Å². The van der Waals surface area contributed by atoms with Crippen molar-refractivity contribution in [1.82, 2.24) is 0 Å². The first-order chi connectivity index (χ1) is 8.50. The first-order valence-electron chi connectivity index (χ1n) is 5.88. The maximum absolute atomic E-state index is 6.25. The lowest BCUT2D eigenvalue weighted by Gasteiger charge is -2.40. The van der Waals surface area contributed by atoms with Crippen molar-refractivity contribution in [3.8, 4) is 0 Å². The number of benzene rings is 1. The normalized spacial score (nSPS) is 25.1. The molecule has 0 aliphatic carbocycles. The van der Waals surface area contributed by atoms with Crippen LogP contribution < -0.4 is 10.6 Å². The fraction of sp³-hybridized carbons (Fsp3) is 0.462. The topological polar surface area (TPSA) is 50.9 Å². The molecule has 0 aromatic heterocycles. The molecule has 2 N–H and O–H groups in total. The van der Waals surface area contributed by atoms with Gasteiger partial charge >= 0.3 is 0 Å². The lowest BCUT2D eigenvalue weighted by Crippen LogP contribution is -2.56. The van der Waals surface area contributed by atoms with Gasteiger partial charge in [-0.3, -0.25) is 4.99 Å². The zero-order chi connectivity index (χ0) is 13.3. The Morgan fingerprint density at radius 1 is 1.50 bits per heavy atom. The van der Waals surface area contributed by atoms with E-state index in [4.69, 9.17) is 22.1 Å². The summed E-state index contributed by atoms with van der Waals surface area (Å²) in [6, 6.07) is 7.62. The molecule has 2 unspecified atom stereocenters. The lowest BCUT2D eigenvalue weighted by molar-refractivity contribution is 0.0645. The van der Waals surface area contributed by atoms with E-state index in [9.17, 15) is 0 Å². The van der Waals surface area contributed by atoms with E-state index in [-0.39, 0.29) is 11.6 Å². The number of anilines is 1. The van der Waals surface area contributed by atoms with Crippen molar-refractivity contribution in [3.05, 3.63) is 29.3 Å². The second kappa shape index (κ2) is 4.78. The number of guanidine groups is 1. The molecule has 18 heavy (non-hydrogen) atoms. The number of aliphatic imine (C=N–C) groups is 1. The molecule has 4 nitrogen and oxygen atoms in total. The van der Waals surface area contributed by atoms with Gasteiger partial charge in [0.05, 0.1) is 28.9 Å². The molecule has 5 heteroatoms. The Labute approximate surface area is 112 Å². The van der Waals surface area contributed by atoms with E-state index in [0.29, 0.717) is 17.5 Å². The molecule has 2 atom stereocenters. The van der Waals surface area contributed by atoms with E-state index in [1.165, 1.54) is 0 Å². The van der Waals surface area contributed by atoms with E-state index >= 15 is 0 Å². The monoisotopic (exact) mass is 267 g/mol. The number of rotatable bonds is 3. The average Bonchev–Trinajstić information content (AvgIpc) is 2.67. The molecule has 0 radical (unpaired) electrons. The number of nitrogens with zero attached hydrogens (tertiary/aromatic N) is 2. The van der Waals surface area contributed by atoms with Gasteiger partial charge in [0.2, 0.25) is 0 Å². The molecule has 2 rings (SSSR count). The lowest BCUT2D eigenvalue weighted by atomic mass is 9.94. The summed E-state index contributed by atoms with van der Waals surface area (Å²) in [4.78, 5) is 6.30. The fourth-order valence-corrected chi connectivity index (χ4v) is 2.46. The van der Waals surface area contributed by atoms with Gasteiger partial charge in [-0.25, -0.2) is 0 Å². The molecule has 0 saturated carbocycles. The number of methoxy groups -OCH3 is 1. The Hall–Kier alpha value is -1.26. The van der Waals surface area contributed by atoms with Crippen molar-refractivity contribution in [2.24, 2.45) is 10.7 Å². The highest BCUT2D eigenvalue weighted by Crippen LogP contribution is 2.36. The summed E-state index contributed by atoms with van der Waals surface area (Å²) in [6.07, 6.45) is -0.0152. The van der Waals surface area contributed by atoms with Crippen LogP contribution in [0.3, 0.4) is 0 Å². The molecular weight excluding hydrogens is 250 g/mol. The highest BCUT2D eigenvalue weighted by Gasteiger charge is 2.44. The minimum atomic E-state index is -0.316. The van der Waals surface area contributed by atoms with Crippen LogP contribution in [-0.2, 0) is 4.74 Å². The highest BCUT2D eigenvalue weighted by molar-refractivity contribution is 6.34. The summed E-state index contributed by atoms with van der Waals surface area (Å²) in [6.45, 7) is 4.69. The third-order valence-corrected chi connectivity index (χ3v) is 3.94. The van der Waals surface area contributed by atoms with Crippen LogP contribution >= 0.6 is 11.6 Å². The van der Waals surface area contributed by atoms with E-state index < -0.39 is 0 Å². The van der Waals surface area contributed by atoms with Crippen molar-refractivity contribution < 1.29 is 4.74 Å². The molecule has 1 aliphatic rings. The molecule has 0 fully saturated rings. The van der Waals surface area contributed by atoms with Gasteiger partial charge in [0, 0.05) is 7.11 Å². The van der Waals surface area contributed by atoms with Gasteiger partial charge in [-0.05, 0) is 26.0 Å². The molecule has 0 saturated heterocycles. The minimum absolute atomic E-state index is 0.0152. The van der Waals surface area contributed by atoms with Crippen LogP contribution in [0.1, 0.15) is 13.8 Å². The molecule has 0 spiro atoms. The third kappa shape index (κ3) is 1.95. The van der Waals surface area contributed by atoms with Gasteiger partial charge < -0.3 is 15.4 Å². The predicted molar refractivity (Wildman–Crippen MR) is 75.3 cm³/mol. The van der Waals surface area contributed by atoms with Crippen molar-refractivity contribution in [2.75, 3.05) is 18.6 Å². The Bertz CT molecular complexity index is 477. The smallest absolute Gasteiger partial charge is 0.196 e. The summed E-state index contributed by atoms with van der Waals surface area (Å²) in [5.41, 5.74) is 6.56. The van der Waals surface area contributed by atoms with Crippen molar-refractivity contribution >= 4 is 23.2 Å². The SMILES string of the molecule is COC(C)C1(C)CN=C(N)N1c1ccccc1Cl. The van der Waals surface area contributed by atoms with Crippen LogP contribution in [0.25, 0.3) is 0 Å². The zero-order valence-electron chi connectivity index (χ0n) is 10.9. The van der Waals surface area contributed by atoms with Crippen LogP contribution in [0.4, 0.5) is 5.69 Å². The molecule has 98 valence electrons. The first-order valence-corrected chi connectivity index (χ1v) is 6.26. The molecular formula is C13H18ClN3O. The van der Waals surface area contributed by atoms with Gasteiger partial charge in [0.25, 0.3) is 0 Å². The average molecular weight is 268 g/mol. The molecule has 1 aliphatic heterocycles. The van der Waals surface area contributed by atoms with Gasteiger partial charge in [0.15, 0.2) is 5.96 Å². The van der Waals surface area contributed by atoms with Gasteiger partial charge in [0.1, 0.15) is 0 Å². The molecule has 0 bridgehead atoms. The van der Waals surface area contributed by atoms with Gasteiger partial charge in [-0.2, -0.15) is 0 Å². The number of hydrogen-bond acceptors (Lipinski definition) is 4. The molecule has 1 aromatic carbocycles. The first kappa shape index (κ1) is 13.2. The summed E-state index contributed by atoms with van der Waals surface area (Å²) in [5, 5.41) is 0.659. The number of halogens is 1. The summed E-state index contributed by atoms with van der Waals surface area (Å²) < 4.78 is 5.46. The zero-order valence-corrected chi connectivity index (χ0v) is 11.6. The quantitative estimate of drug-likeness (QED) is 0.914. The maximum atomic E-state index is 6.25. The van der Waals surface area contributed by atoms with E-state index in [0.717, 1.165) is 5.69 Å². The second-order valence-corrected chi connectivity index (χ2v) is 5.10. The van der Waals surface area contributed by atoms with Crippen molar-refractivity contribution in [1.29, 1.82) is 0 Å². The standard InChI is InChI=1S/C13H18ClN3O/c1-9(18-3)13(2)8-16-12(15)17(13)11-7-5-4-6-10(11)14/h4-7,9H,8H2,1-3H3,(H2,15,16). The summed E-state index contributed by atoms with van der Waals surface area (Å²) in [7, 11) is 1.69. The number of para-hydroxylation sites is 1. The molecule has 0 amide bonds. The van der Waals surface area contributed by atoms with Crippen LogP contribution in [0, 0.1) is 0 Å². The fourth-order valence-electron chi connectivity index (χ4n) is 2.24. The van der Waals surface area contributed by atoms with Crippen LogP contribution in [0.5, 0.6) is 0 Å². The summed E-state index contributed by atoms with van der Waals surface area (Å²) in [5.74, 6) is 0.481. The van der Waals surface area contributed by atoms with Gasteiger partial charge in [-0.1, -0.05) is 23.7 Å². The summed E-state index contributed by atoms with van der Waals surface area (Å²) >= 11 is 6.25. The molecule has 1 aromatic rings. The highest BCUT2D eigenvalue weighted by atomic mass is 35.5. The number of ether oxygens (including phenoxy) is 1. The Kier molecular flexibility index (Phi) is 3.50. The van der Waals surface area contributed by atoms with E-state index in [2.05, 4.69) is 11.9 Å². The number of hydrogen-bond donors (Lipinski definition) is 1. The minimum Gasteiger partial charge on any atom is -0.379 e. The van der Waals surface area contributed by atoms with Gasteiger partial charge in [-0.15, -0.1) is 0 Å². The van der Waals surface area contributed by atoms with Crippen molar-refractivity contribution in [3.63, 3.8) is 0 Å². The molecule has 1 heterocycles. The van der Waals surface area contributed by atoms with Crippen LogP contribution in [-0.4, -0.2) is 31.3 Å². The Morgan fingerprint density at radius 3 is 2.78 bits per heavy atom. The van der Waals surface area contributed by atoms with Crippen molar-refractivity contribution in [2.45, 2.75) is 25.5 Å². The van der Waals surface area contributed by atoms with Crippen LogP contribution in [0.15, 0.2) is 29.3 Å². The third-order valence-electron chi connectivity index (χ3n) is 3.62. The second-order valence-electron chi connectivity index (χ2n) is 4.70. The maximum Gasteiger partial charge on any atom is 0.196 e. The Balaban J connectivity index is 2.46. The predicted octanol–water partition coefficient (Wildman–Crippen LogP) is 2.27.